The monoisotopic (exact) mass is 444 g/mol. The van der Waals surface area contributed by atoms with Crippen molar-refractivity contribution in [1.29, 1.82) is 0 Å². The van der Waals surface area contributed by atoms with Crippen molar-refractivity contribution in [2.24, 2.45) is 0 Å². The standard InChI is InChI=1S/C16H11Cl3N4O3S/c17-16(18,19)14(21-13(24)9-4-2-1-3-5-9)22-15-20-11-7-6-10(23(25)26)8-12(11)27-15/h1-8,14H,(H,20,22)(H,21,24)/t14-/m1/s1. The van der Waals surface area contributed by atoms with E-state index in [0.29, 0.717) is 20.9 Å². The van der Waals surface area contributed by atoms with Crippen molar-refractivity contribution in [2.75, 3.05) is 5.32 Å². The molecule has 0 aliphatic carbocycles. The molecule has 2 N–H and O–H groups in total. The van der Waals surface area contributed by atoms with Crippen LogP contribution >= 0.6 is 46.1 Å². The molecule has 0 aliphatic rings. The van der Waals surface area contributed by atoms with Gasteiger partial charge in [-0.15, -0.1) is 0 Å². The molecule has 27 heavy (non-hydrogen) atoms. The van der Waals surface area contributed by atoms with Gasteiger partial charge in [0.15, 0.2) is 5.13 Å². The van der Waals surface area contributed by atoms with Crippen LogP contribution < -0.4 is 10.6 Å². The number of anilines is 1. The van der Waals surface area contributed by atoms with Crippen LogP contribution in [0.2, 0.25) is 0 Å². The molecule has 0 saturated carbocycles. The van der Waals surface area contributed by atoms with Crippen LogP contribution in [0.3, 0.4) is 0 Å². The van der Waals surface area contributed by atoms with Crippen LogP contribution in [0.5, 0.6) is 0 Å². The lowest BCUT2D eigenvalue weighted by Gasteiger charge is -2.26. The van der Waals surface area contributed by atoms with Crippen molar-refractivity contribution in [2.45, 2.75) is 9.96 Å². The Morgan fingerprint density at radius 3 is 2.52 bits per heavy atom. The van der Waals surface area contributed by atoms with Gasteiger partial charge in [0.2, 0.25) is 3.79 Å². The van der Waals surface area contributed by atoms with Crippen molar-refractivity contribution in [3.8, 4) is 0 Å². The van der Waals surface area contributed by atoms with Crippen molar-refractivity contribution in [3.63, 3.8) is 0 Å². The van der Waals surface area contributed by atoms with Gasteiger partial charge in [-0.05, 0) is 18.2 Å². The van der Waals surface area contributed by atoms with E-state index in [4.69, 9.17) is 34.8 Å². The third-order valence-corrected chi connectivity index (χ3v) is 5.09. The zero-order chi connectivity index (χ0) is 19.6. The van der Waals surface area contributed by atoms with E-state index < -0.39 is 20.8 Å². The molecule has 3 aromatic rings. The molecule has 140 valence electrons. The number of amides is 1. The second-order valence-corrected chi connectivity index (χ2v) is 8.79. The first-order valence-corrected chi connectivity index (χ1v) is 9.43. The number of carbonyl (C=O) groups excluding carboxylic acids is 1. The average Bonchev–Trinajstić information content (AvgIpc) is 3.02. The molecule has 0 fully saturated rings. The lowest BCUT2D eigenvalue weighted by molar-refractivity contribution is -0.384. The first kappa shape index (κ1) is 19.6. The molecule has 11 heteroatoms. The third kappa shape index (κ3) is 4.78. The summed E-state index contributed by atoms with van der Waals surface area (Å²) < 4.78 is -1.28. The molecule has 0 aliphatic heterocycles. The van der Waals surface area contributed by atoms with Crippen LogP contribution in [0.4, 0.5) is 10.8 Å². The normalized spacial score (nSPS) is 12.6. The average molecular weight is 446 g/mol. The predicted octanol–water partition coefficient (Wildman–Crippen LogP) is 4.74. The Morgan fingerprint density at radius 2 is 1.89 bits per heavy atom. The highest BCUT2D eigenvalue weighted by Crippen LogP contribution is 2.34. The summed E-state index contributed by atoms with van der Waals surface area (Å²) in [7, 11) is 0. The number of alkyl halides is 3. The number of nitrogens with one attached hydrogen (secondary N) is 2. The minimum Gasteiger partial charge on any atom is -0.338 e. The third-order valence-electron chi connectivity index (χ3n) is 3.49. The Balaban J connectivity index is 1.83. The predicted molar refractivity (Wildman–Crippen MR) is 108 cm³/mol. The lowest BCUT2D eigenvalue weighted by Crippen LogP contribution is -2.49. The molecule has 0 saturated heterocycles. The van der Waals surface area contributed by atoms with Gasteiger partial charge < -0.3 is 10.6 Å². The highest BCUT2D eigenvalue weighted by atomic mass is 35.6. The minimum absolute atomic E-state index is 0.0481. The quantitative estimate of drug-likeness (QED) is 0.256. The largest absolute Gasteiger partial charge is 0.338 e. The molecule has 3 rings (SSSR count). The number of hydrogen-bond acceptors (Lipinski definition) is 6. The molecule has 0 unspecified atom stereocenters. The number of benzene rings is 2. The maximum atomic E-state index is 12.4. The summed E-state index contributed by atoms with van der Waals surface area (Å²) in [6.45, 7) is 0. The van der Waals surface area contributed by atoms with Gasteiger partial charge in [0.25, 0.3) is 11.6 Å². The van der Waals surface area contributed by atoms with Crippen LogP contribution in [0.25, 0.3) is 10.2 Å². The highest BCUT2D eigenvalue weighted by Gasteiger charge is 2.35. The SMILES string of the molecule is O=C(N[C@H](Nc1nc2ccc([N+](=O)[O-])cc2s1)C(Cl)(Cl)Cl)c1ccccc1. The number of nitro groups is 1. The van der Waals surface area contributed by atoms with Gasteiger partial charge in [0.1, 0.15) is 6.17 Å². The molecule has 0 bridgehead atoms. The molecular formula is C16H11Cl3N4O3S. The van der Waals surface area contributed by atoms with Crippen molar-refractivity contribution in [3.05, 3.63) is 64.2 Å². The number of fused-ring (bicyclic) bond motifs is 1. The summed E-state index contributed by atoms with van der Waals surface area (Å²) in [6.07, 6.45) is -1.08. The highest BCUT2D eigenvalue weighted by molar-refractivity contribution is 7.22. The van der Waals surface area contributed by atoms with Gasteiger partial charge in [-0.25, -0.2) is 4.98 Å². The fourth-order valence-corrected chi connectivity index (χ4v) is 3.47. The number of thiazole rings is 1. The fraction of sp³-hybridized carbons (Fsp3) is 0.125. The van der Waals surface area contributed by atoms with Gasteiger partial charge in [-0.3, -0.25) is 14.9 Å². The molecular weight excluding hydrogens is 435 g/mol. The summed E-state index contributed by atoms with van der Waals surface area (Å²) >= 11 is 19.1. The lowest BCUT2D eigenvalue weighted by atomic mass is 10.2. The summed E-state index contributed by atoms with van der Waals surface area (Å²) in [6, 6.07) is 12.8. The summed E-state index contributed by atoms with van der Waals surface area (Å²) in [5.74, 6) is -0.434. The molecule has 1 amide bonds. The Bertz CT molecular complexity index is 991. The maximum absolute atomic E-state index is 12.4. The number of nitro benzene ring substituents is 1. The molecule has 0 spiro atoms. The van der Waals surface area contributed by atoms with Crippen LogP contribution in [0.1, 0.15) is 10.4 Å². The summed E-state index contributed by atoms with van der Waals surface area (Å²) in [5.41, 5.74) is 0.900. The van der Waals surface area contributed by atoms with E-state index in [1.165, 1.54) is 18.2 Å². The number of nitrogens with zero attached hydrogens (tertiary/aromatic N) is 2. The van der Waals surface area contributed by atoms with E-state index in [0.717, 1.165) is 11.3 Å². The van der Waals surface area contributed by atoms with Gasteiger partial charge >= 0.3 is 0 Å². The topological polar surface area (TPSA) is 97.2 Å². The molecule has 2 aromatic carbocycles. The Labute approximate surface area is 172 Å². The van der Waals surface area contributed by atoms with Gasteiger partial charge in [0, 0.05) is 17.7 Å². The van der Waals surface area contributed by atoms with Gasteiger partial charge in [0.05, 0.1) is 15.1 Å². The number of halogens is 3. The smallest absolute Gasteiger partial charge is 0.270 e. The zero-order valence-electron chi connectivity index (χ0n) is 13.4. The van der Waals surface area contributed by atoms with Crippen LogP contribution in [-0.4, -0.2) is 25.8 Å². The van der Waals surface area contributed by atoms with E-state index >= 15 is 0 Å². The fourth-order valence-electron chi connectivity index (χ4n) is 2.22. The van der Waals surface area contributed by atoms with Gasteiger partial charge in [-0.2, -0.15) is 0 Å². The first-order chi connectivity index (χ1) is 12.7. The first-order valence-electron chi connectivity index (χ1n) is 7.48. The molecule has 1 atom stereocenters. The number of aromatic nitrogens is 1. The van der Waals surface area contributed by atoms with Crippen LogP contribution in [0.15, 0.2) is 48.5 Å². The second-order valence-electron chi connectivity index (χ2n) is 5.39. The molecule has 1 aromatic heterocycles. The van der Waals surface area contributed by atoms with Crippen molar-refractivity contribution >= 4 is 73.1 Å². The van der Waals surface area contributed by atoms with E-state index in [1.807, 2.05) is 0 Å². The Morgan fingerprint density at radius 1 is 1.19 bits per heavy atom. The maximum Gasteiger partial charge on any atom is 0.270 e. The minimum atomic E-state index is -1.87. The van der Waals surface area contributed by atoms with Crippen LogP contribution in [-0.2, 0) is 0 Å². The number of non-ortho nitro benzene ring substituents is 1. The van der Waals surface area contributed by atoms with Gasteiger partial charge in [-0.1, -0.05) is 64.3 Å². The van der Waals surface area contributed by atoms with Crippen LogP contribution in [0, 0.1) is 10.1 Å². The van der Waals surface area contributed by atoms with E-state index in [-0.39, 0.29) is 5.69 Å². The number of rotatable bonds is 5. The number of hydrogen-bond donors (Lipinski definition) is 2. The summed E-state index contributed by atoms with van der Waals surface area (Å²) in [5, 5.41) is 16.7. The van der Waals surface area contributed by atoms with E-state index in [2.05, 4.69) is 15.6 Å². The Kier molecular flexibility index (Phi) is 5.71. The van der Waals surface area contributed by atoms with E-state index in [9.17, 15) is 14.9 Å². The Hall–Kier alpha value is -2.13. The molecule has 1 heterocycles. The second kappa shape index (κ2) is 7.85. The van der Waals surface area contributed by atoms with Crippen molar-refractivity contribution in [1.82, 2.24) is 10.3 Å². The zero-order valence-corrected chi connectivity index (χ0v) is 16.4. The summed E-state index contributed by atoms with van der Waals surface area (Å²) in [4.78, 5) is 27.1. The van der Waals surface area contributed by atoms with Crippen molar-refractivity contribution < 1.29 is 9.72 Å². The molecule has 7 nitrogen and oxygen atoms in total. The molecule has 0 radical (unpaired) electrons. The number of carbonyl (C=O) groups is 1. The van der Waals surface area contributed by atoms with E-state index in [1.54, 1.807) is 30.3 Å².